The van der Waals surface area contributed by atoms with Crippen molar-refractivity contribution < 1.29 is 27.6 Å². The fourth-order valence-electron chi connectivity index (χ4n) is 6.16. The summed E-state index contributed by atoms with van der Waals surface area (Å²) in [5, 5.41) is 9.87. The van der Waals surface area contributed by atoms with Gasteiger partial charge in [0.15, 0.2) is 0 Å². The van der Waals surface area contributed by atoms with Crippen molar-refractivity contribution >= 4 is 52.0 Å². The standard InChI is InChI=1S/C37H36ClF3N8O3S/c1-49-31(14-23-19-45-28-9-3-2-8-26(23)28)34(51)47-20-24-13-25(37(39,40)41)15-27(38)32(24)53-35-22(7-5-11-44-35)18-46-29(12-21-6-4-10-43-17-21)33(50)48-30(16-42)36(49)52/h2-11,13,15,17,19,29-31,45-46H,12,14,16,18,20,42H2,1H3,(H,47,51)(H,48,50)/t29-,30-,31-/m0/s1. The van der Waals surface area contributed by atoms with Gasteiger partial charge in [0, 0.05) is 73.7 Å². The van der Waals surface area contributed by atoms with Crippen molar-refractivity contribution in [1.29, 1.82) is 0 Å². The topological polar surface area (TPSA) is 158 Å². The lowest BCUT2D eigenvalue weighted by atomic mass is 10.0. The van der Waals surface area contributed by atoms with Gasteiger partial charge in [0.2, 0.25) is 17.7 Å². The molecule has 0 saturated heterocycles. The summed E-state index contributed by atoms with van der Waals surface area (Å²) >= 11 is 7.61. The number of fused-ring (bicyclic) bond motifs is 3. The molecule has 0 fully saturated rings. The lowest BCUT2D eigenvalue weighted by Crippen LogP contribution is -2.59. The van der Waals surface area contributed by atoms with Crippen LogP contribution in [0.3, 0.4) is 0 Å². The third kappa shape index (κ3) is 8.82. The van der Waals surface area contributed by atoms with E-state index in [4.69, 9.17) is 17.3 Å². The molecular weight excluding hydrogens is 729 g/mol. The highest BCUT2D eigenvalue weighted by Gasteiger charge is 2.35. The Balaban J connectivity index is 1.44. The highest BCUT2D eigenvalue weighted by Crippen LogP contribution is 2.41. The molecule has 3 amide bonds. The molecule has 16 heteroatoms. The van der Waals surface area contributed by atoms with Gasteiger partial charge < -0.3 is 31.6 Å². The van der Waals surface area contributed by atoms with Gasteiger partial charge in [0.1, 0.15) is 17.1 Å². The number of rotatable bonds is 5. The Kier molecular flexibility index (Phi) is 11.7. The number of hydrogen-bond donors (Lipinski definition) is 5. The maximum atomic E-state index is 14.1. The summed E-state index contributed by atoms with van der Waals surface area (Å²) in [6.07, 6.45) is 2.04. The lowest BCUT2D eigenvalue weighted by Gasteiger charge is -2.31. The minimum atomic E-state index is -4.72. The second-order valence-electron chi connectivity index (χ2n) is 12.6. The molecule has 3 aromatic heterocycles. The normalized spacial score (nSPS) is 19.2. The number of nitrogens with one attached hydrogen (secondary N) is 4. The molecule has 0 radical (unpaired) electrons. The molecule has 2 aromatic carbocycles. The molecule has 11 nitrogen and oxygen atoms in total. The number of alkyl halides is 3. The van der Waals surface area contributed by atoms with Gasteiger partial charge in [-0.15, -0.1) is 0 Å². The van der Waals surface area contributed by atoms with E-state index in [1.165, 1.54) is 18.1 Å². The van der Waals surface area contributed by atoms with Gasteiger partial charge in [0.05, 0.1) is 16.6 Å². The highest BCUT2D eigenvalue weighted by molar-refractivity contribution is 7.99. The molecule has 1 aliphatic rings. The smallest absolute Gasteiger partial charge is 0.361 e. The molecule has 0 aliphatic carbocycles. The quantitative estimate of drug-likeness (QED) is 0.174. The number of aromatic nitrogens is 3. The number of carbonyl (C=O) groups excluding carboxylic acids is 3. The number of nitrogens with two attached hydrogens (primary N) is 1. The molecule has 6 N–H and O–H groups in total. The maximum absolute atomic E-state index is 14.1. The van der Waals surface area contributed by atoms with Gasteiger partial charge >= 0.3 is 6.18 Å². The number of halogens is 4. The van der Waals surface area contributed by atoms with Crippen LogP contribution in [0.1, 0.15) is 27.8 Å². The average Bonchev–Trinajstić information content (AvgIpc) is 3.56. The number of nitrogens with zero attached hydrogens (tertiary/aromatic N) is 3. The Morgan fingerprint density at radius 2 is 1.75 bits per heavy atom. The van der Waals surface area contributed by atoms with E-state index in [1.807, 2.05) is 30.3 Å². The molecule has 3 atom stereocenters. The fraction of sp³-hybridized carbons (Fsp3) is 0.270. The lowest BCUT2D eigenvalue weighted by molar-refractivity contribution is -0.141. The van der Waals surface area contributed by atoms with E-state index >= 15 is 0 Å². The van der Waals surface area contributed by atoms with Crippen LogP contribution in [0.15, 0.2) is 95.4 Å². The Bertz CT molecular complexity index is 2120. The van der Waals surface area contributed by atoms with E-state index in [0.717, 1.165) is 45.9 Å². The van der Waals surface area contributed by atoms with Crippen LogP contribution in [0.2, 0.25) is 5.02 Å². The minimum Gasteiger partial charge on any atom is -0.361 e. The Morgan fingerprint density at radius 3 is 2.51 bits per heavy atom. The van der Waals surface area contributed by atoms with Crippen molar-refractivity contribution in [2.24, 2.45) is 5.73 Å². The predicted molar refractivity (Wildman–Crippen MR) is 195 cm³/mol. The first kappa shape index (κ1) is 37.8. The van der Waals surface area contributed by atoms with Crippen molar-refractivity contribution in [3.05, 3.63) is 118 Å². The molecule has 0 unspecified atom stereocenters. The van der Waals surface area contributed by atoms with E-state index in [-0.39, 0.29) is 48.0 Å². The van der Waals surface area contributed by atoms with Gasteiger partial charge in [-0.1, -0.05) is 53.7 Å². The SMILES string of the molecule is CN1C(=O)[C@H](CN)NC(=O)[C@H](Cc2cccnc2)NCc2cccnc2Sc2c(Cl)cc(C(F)(F)F)cc2CNC(=O)[C@@H]1Cc1c[nH]c2ccccc12. The van der Waals surface area contributed by atoms with Gasteiger partial charge in [-0.2, -0.15) is 13.2 Å². The molecule has 53 heavy (non-hydrogen) atoms. The summed E-state index contributed by atoms with van der Waals surface area (Å²) in [5.74, 6) is -1.78. The highest BCUT2D eigenvalue weighted by atomic mass is 35.5. The monoisotopic (exact) mass is 764 g/mol. The van der Waals surface area contributed by atoms with Crippen LogP contribution in [0, 0.1) is 0 Å². The van der Waals surface area contributed by atoms with Crippen molar-refractivity contribution in [3.63, 3.8) is 0 Å². The van der Waals surface area contributed by atoms with Gasteiger partial charge in [-0.25, -0.2) is 4.98 Å². The number of hydrogen-bond acceptors (Lipinski definition) is 8. The third-order valence-electron chi connectivity index (χ3n) is 9.02. The zero-order valence-corrected chi connectivity index (χ0v) is 30.0. The van der Waals surface area contributed by atoms with Crippen LogP contribution in [0.4, 0.5) is 13.2 Å². The molecule has 0 bridgehead atoms. The number of benzene rings is 2. The van der Waals surface area contributed by atoms with Gasteiger partial charge in [-0.3, -0.25) is 19.4 Å². The molecular formula is C37H36ClF3N8O3S. The largest absolute Gasteiger partial charge is 0.416 e. The average molecular weight is 765 g/mol. The molecule has 0 saturated carbocycles. The van der Waals surface area contributed by atoms with Crippen LogP contribution in [0.5, 0.6) is 0 Å². The van der Waals surface area contributed by atoms with Crippen molar-refractivity contribution in [1.82, 2.24) is 35.8 Å². The predicted octanol–water partition coefficient (Wildman–Crippen LogP) is 4.63. The first-order chi connectivity index (χ1) is 25.4. The number of pyridine rings is 2. The van der Waals surface area contributed by atoms with E-state index in [0.29, 0.717) is 10.6 Å². The summed E-state index contributed by atoms with van der Waals surface area (Å²) in [5.41, 5.74) is 8.10. The number of amides is 3. The van der Waals surface area contributed by atoms with E-state index in [1.54, 1.807) is 36.8 Å². The molecule has 0 spiro atoms. The molecule has 6 rings (SSSR count). The first-order valence-corrected chi connectivity index (χ1v) is 17.9. The number of likely N-dealkylation sites (N-methyl/N-ethyl adjacent to an activating group) is 1. The molecule has 4 heterocycles. The summed E-state index contributed by atoms with van der Waals surface area (Å²) in [4.78, 5) is 55.5. The van der Waals surface area contributed by atoms with Crippen molar-refractivity contribution in [3.8, 4) is 0 Å². The van der Waals surface area contributed by atoms with E-state index < -0.39 is 47.6 Å². The summed E-state index contributed by atoms with van der Waals surface area (Å²) in [6, 6.07) is 13.0. The zero-order valence-electron chi connectivity index (χ0n) is 28.4. The second kappa shape index (κ2) is 16.4. The second-order valence-corrected chi connectivity index (χ2v) is 14.0. The summed E-state index contributed by atoms with van der Waals surface area (Å²) in [7, 11) is 1.43. The van der Waals surface area contributed by atoms with Crippen molar-refractivity contribution in [2.75, 3.05) is 13.6 Å². The fourth-order valence-corrected chi connectivity index (χ4v) is 7.51. The number of carbonyl (C=O) groups is 3. The first-order valence-electron chi connectivity index (χ1n) is 16.7. The zero-order chi connectivity index (χ0) is 37.7. The molecule has 276 valence electrons. The van der Waals surface area contributed by atoms with Crippen molar-refractivity contribution in [2.45, 2.75) is 60.2 Å². The van der Waals surface area contributed by atoms with Crippen LogP contribution in [-0.4, -0.2) is 69.3 Å². The Hall–Kier alpha value is -4.96. The Morgan fingerprint density at radius 1 is 0.962 bits per heavy atom. The minimum absolute atomic E-state index is 0.0385. The van der Waals surface area contributed by atoms with Crippen LogP contribution >= 0.6 is 23.4 Å². The maximum Gasteiger partial charge on any atom is 0.416 e. The number of para-hydroxylation sites is 1. The summed E-state index contributed by atoms with van der Waals surface area (Å²) < 4.78 is 42.1. The summed E-state index contributed by atoms with van der Waals surface area (Å²) in [6.45, 7) is -0.500. The van der Waals surface area contributed by atoms with Gasteiger partial charge in [-0.05, 0) is 59.0 Å². The van der Waals surface area contributed by atoms with Crippen LogP contribution in [-0.2, 0) is 46.5 Å². The Labute approximate surface area is 312 Å². The van der Waals surface area contributed by atoms with Crippen LogP contribution in [0.25, 0.3) is 10.9 Å². The molecule has 1 aliphatic heterocycles. The van der Waals surface area contributed by atoms with E-state index in [9.17, 15) is 27.6 Å². The molecule has 5 aromatic rings. The third-order valence-corrected chi connectivity index (χ3v) is 10.7. The van der Waals surface area contributed by atoms with E-state index in [2.05, 4.69) is 30.9 Å². The number of aromatic amines is 1. The van der Waals surface area contributed by atoms with Crippen LogP contribution < -0.4 is 21.7 Å². The number of H-pyrrole nitrogens is 1. The van der Waals surface area contributed by atoms with Gasteiger partial charge in [0.25, 0.3) is 0 Å².